The molecule has 1 aliphatic heterocycles. The number of halogens is 3. The van der Waals surface area contributed by atoms with Gasteiger partial charge in [-0.15, -0.1) is 0 Å². The zero-order valence-electron chi connectivity index (χ0n) is 13.5. The van der Waals surface area contributed by atoms with Crippen LogP contribution in [0.1, 0.15) is 30.7 Å². The van der Waals surface area contributed by atoms with Gasteiger partial charge in [-0.3, -0.25) is 0 Å². The van der Waals surface area contributed by atoms with E-state index in [1.807, 2.05) is 0 Å². The topological polar surface area (TPSA) is 37.4 Å². The highest BCUT2D eigenvalue weighted by Crippen LogP contribution is 2.30. The first kappa shape index (κ1) is 17.9. The van der Waals surface area contributed by atoms with Crippen LogP contribution in [0, 0.1) is 17.5 Å². The van der Waals surface area contributed by atoms with Crippen LogP contribution in [0.3, 0.4) is 0 Å². The maximum atomic E-state index is 14.0. The molecule has 0 spiro atoms. The lowest BCUT2D eigenvalue weighted by molar-refractivity contribution is 0.402. The maximum absolute atomic E-state index is 14.0. The fraction of sp³-hybridized carbons (Fsp3) is 0.333. The van der Waals surface area contributed by atoms with Crippen molar-refractivity contribution in [2.24, 2.45) is 0 Å². The Morgan fingerprint density at radius 3 is 2.32 bits per heavy atom. The largest absolute Gasteiger partial charge is 0.246 e. The van der Waals surface area contributed by atoms with Crippen molar-refractivity contribution in [2.45, 2.75) is 30.1 Å². The van der Waals surface area contributed by atoms with E-state index in [1.54, 1.807) is 12.1 Å². The molecular weight excluding hydrogens is 351 g/mol. The van der Waals surface area contributed by atoms with Crippen LogP contribution in [0.25, 0.3) is 0 Å². The summed E-state index contributed by atoms with van der Waals surface area (Å²) in [6.45, 7) is 0.403. The molecule has 3 nitrogen and oxygen atoms in total. The van der Waals surface area contributed by atoms with Crippen LogP contribution >= 0.6 is 0 Å². The lowest BCUT2D eigenvalue weighted by Crippen LogP contribution is -2.34. The average molecular weight is 369 g/mol. The molecule has 0 aromatic heterocycles. The normalized spacial score (nSPS) is 19.6. The minimum absolute atomic E-state index is 0.116. The van der Waals surface area contributed by atoms with Crippen LogP contribution in [0.15, 0.2) is 47.4 Å². The number of sulfonamides is 1. The average Bonchev–Trinajstić information content (AvgIpc) is 2.84. The van der Waals surface area contributed by atoms with Gasteiger partial charge in [-0.25, -0.2) is 21.6 Å². The Kier molecular flexibility index (Phi) is 5.15. The van der Waals surface area contributed by atoms with Gasteiger partial charge in [-0.05, 0) is 54.7 Å². The molecule has 0 aliphatic carbocycles. The molecule has 2 aromatic carbocycles. The molecule has 2 aromatic rings. The van der Waals surface area contributed by atoms with Crippen molar-refractivity contribution in [3.8, 4) is 0 Å². The third-order valence-corrected chi connectivity index (χ3v) is 6.37. The number of hydrogen-bond donors (Lipinski definition) is 0. The summed E-state index contributed by atoms with van der Waals surface area (Å²) in [5.41, 5.74) is 0.836. The Bertz CT molecular complexity index is 853. The Morgan fingerprint density at radius 2 is 1.60 bits per heavy atom. The molecule has 3 rings (SSSR count). The van der Waals surface area contributed by atoms with Crippen molar-refractivity contribution in [1.29, 1.82) is 0 Å². The van der Waals surface area contributed by atoms with Gasteiger partial charge in [-0.1, -0.05) is 18.6 Å². The van der Waals surface area contributed by atoms with Gasteiger partial charge in [0.1, 0.15) is 22.3 Å². The van der Waals surface area contributed by atoms with Crippen LogP contribution in [0.5, 0.6) is 0 Å². The van der Waals surface area contributed by atoms with E-state index in [0.717, 1.165) is 30.5 Å². The molecule has 0 N–H and O–H groups in total. The fourth-order valence-corrected chi connectivity index (χ4v) is 4.75. The second-order valence-electron chi connectivity index (χ2n) is 6.18. The monoisotopic (exact) mass is 369 g/mol. The summed E-state index contributed by atoms with van der Waals surface area (Å²) in [6, 6.07) is 8.37. The van der Waals surface area contributed by atoms with E-state index in [-0.39, 0.29) is 24.8 Å². The van der Waals surface area contributed by atoms with Gasteiger partial charge >= 0.3 is 0 Å². The number of hydrogen-bond acceptors (Lipinski definition) is 2. The highest BCUT2D eigenvalue weighted by molar-refractivity contribution is 7.89. The Morgan fingerprint density at radius 1 is 0.920 bits per heavy atom. The molecule has 1 unspecified atom stereocenters. The first-order valence-electron chi connectivity index (χ1n) is 8.08. The van der Waals surface area contributed by atoms with Gasteiger partial charge in [0.05, 0.1) is 0 Å². The summed E-state index contributed by atoms with van der Waals surface area (Å²) in [7, 11) is -4.14. The predicted molar refractivity (Wildman–Crippen MR) is 88.1 cm³/mol. The van der Waals surface area contributed by atoms with E-state index in [2.05, 4.69) is 0 Å². The lowest BCUT2D eigenvalue weighted by atomic mass is 9.95. The third kappa shape index (κ3) is 3.88. The molecule has 0 bridgehead atoms. The van der Waals surface area contributed by atoms with Crippen LogP contribution < -0.4 is 0 Å². The molecular formula is C18H18F3NO2S. The van der Waals surface area contributed by atoms with Gasteiger partial charge < -0.3 is 0 Å². The molecule has 0 amide bonds. The van der Waals surface area contributed by atoms with Gasteiger partial charge in [0.25, 0.3) is 0 Å². The molecule has 1 saturated heterocycles. The molecule has 1 heterocycles. The number of benzene rings is 2. The molecule has 25 heavy (non-hydrogen) atoms. The Labute approximate surface area is 145 Å². The van der Waals surface area contributed by atoms with Crippen molar-refractivity contribution in [3.63, 3.8) is 0 Å². The van der Waals surface area contributed by atoms with E-state index < -0.39 is 26.6 Å². The predicted octanol–water partition coefficient (Wildman–Crippen LogP) is 4.06. The lowest BCUT2D eigenvalue weighted by Gasteiger charge is -2.24. The summed E-state index contributed by atoms with van der Waals surface area (Å²) in [5.74, 6) is -2.24. The summed E-state index contributed by atoms with van der Waals surface area (Å²) in [4.78, 5) is -0.646. The van der Waals surface area contributed by atoms with E-state index in [0.29, 0.717) is 12.5 Å². The van der Waals surface area contributed by atoms with Crippen LogP contribution in [0.2, 0.25) is 0 Å². The quantitative estimate of drug-likeness (QED) is 0.818. The van der Waals surface area contributed by atoms with Gasteiger partial charge in [-0.2, -0.15) is 4.31 Å². The summed E-state index contributed by atoms with van der Waals surface area (Å²) >= 11 is 0. The first-order chi connectivity index (χ1) is 11.9. The zero-order valence-corrected chi connectivity index (χ0v) is 14.3. The second kappa shape index (κ2) is 7.17. The molecule has 1 atom stereocenters. The van der Waals surface area contributed by atoms with Crippen molar-refractivity contribution >= 4 is 10.0 Å². The molecule has 7 heteroatoms. The Balaban J connectivity index is 1.92. The van der Waals surface area contributed by atoms with Crippen LogP contribution in [-0.4, -0.2) is 25.8 Å². The van der Waals surface area contributed by atoms with Gasteiger partial charge in [0.2, 0.25) is 10.0 Å². The smallest absolute Gasteiger partial charge is 0.207 e. The third-order valence-electron chi connectivity index (χ3n) is 4.49. The minimum Gasteiger partial charge on any atom is -0.207 e. The molecule has 0 saturated carbocycles. The van der Waals surface area contributed by atoms with E-state index in [9.17, 15) is 21.6 Å². The van der Waals surface area contributed by atoms with Crippen LogP contribution in [-0.2, 0) is 10.0 Å². The van der Waals surface area contributed by atoms with E-state index in [4.69, 9.17) is 0 Å². The van der Waals surface area contributed by atoms with Gasteiger partial charge in [0, 0.05) is 13.1 Å². The van der Waals surface area contributed by atoms with Crippen LogP contribution in [0.4, 0.5) is 13.2 Å². The molecule has 1 aliphatic rings. The highest BCUT2D eigenvalue weighted by Gasteiger charge is 2.31. The van der Waals surface area contributed by atoms with E-state index >= 15 is 0 Å². The zero-order chi connectivity index (χ0) is 18.0. The number of nitrogens with zero attached hydrogens (tertiary/aromatic N) is 1. The summed E-state index contributed by atoms with van der Waals surface area (Å²) < 4.78 is 67.3. The maximum Gasteiger partial charge on any atom is 0.246 e. The van der Waals surface area contributed by atoms with Crippen molar-refractivity contribution in [1.82, 2.24) is 4.31 Å². The van der Waals surface area contributed by atoms with E-state index in [1.165, 1.54) is 16.4 Å². The highest BCUT2D eigenvalue weighted by atomic mass is 32.2. The van der Waals surface area contributed by atoms with Crippen molar-refractivity contribution in [3.05, 3.63) is 65.5 Å². The summed E-state index contributed by atoms with van der Waals surface area (Å²) in [6.07, 6.45) is 2.19. The van der Waals surface area contributed by atoms with Crippen molar-refractivity contribution < 1.29 is 21.6 Å². The molecule has 1 fully saturated rings. The van der Waals surface area contributed by atoms with Gasteiger partial charge in [0.15, 0.2) is 0 Å². The SMILES string of the molecule is O=S(=O)(c1cc(F)ccc1F)N1CCCCC(c2ccc(F)cc2)C1. The standard InChI is InChI=1S/C18H18F3NO2S/c19-15-6-4-13(5-7-15)14-3-1-2-10-22(12-14)25(23,24)18-11-16(20)8-9-17(18)21/h4-9,11,14H,1-3,10,12H2. The molecule has 134 valence electrons. The van der Waals surface area contributed by atoms with Crippen molar-refractivity contribution in [2.75, 3.05) is 13.1 Å². The first-order valence-corrected chi connectivity index (χ1v) is 9.52. The minimum atomic E-state index is -4.14. The fourth-order valence-electron chi connectivity index (χ4n) is 3.15. The summed E-state index contributed by atoms with van der Waals surface area (Å²) in [5, 5.41) is 0. The molecule has 0 radical (unpaired) electrons. The Hall–Kier alpha value is -1.86. The number of rotatable bonds is 3. The second-order valence-corrected chi connectivity index (χ2v) is 8.09.